The second kappa shape index (κ2) is 18.6. The zero-order valence-corrected chi connectivity index (χ0v) is 16.9. The zero-order chi connectivity index (χ0) is 18.8. The summed E-state index contributed by atoms with van der Waals surface area (Å²) in [5.74, 6) is 0. The minimum absolute atomic E-state index is 0.0746. The summed E-state index contributed by atoms with van der Waals surface area (Å²) in [6, 6.07) is 0. The molecule has 152 valence electrons. The summed E-state index contributed by atoms with van der Waals surface area (Å²) in [5, 5.41) is 19.6. The highest BCUT2D eigenvalue weighted by Crippen LogP contribution is 2.13. The van der Waals surface area contributed by atoms with Crippen molar-refractivity contribution in [3.05, 3.63) is 0 Å². The van der Waals surface area contributed by atoms with Crippen LogP contribution in [0.25, 0.3) is 0 Å². The average molecular weight is 362 g/mol. The molecule has 0 rings (SSSR count). The number of hydroxylamine groups is 2. The van der Waals surface area contributed by atoms with Crippen LogP contribution >= 0.6 is 0 Å². The Balaban J connectivity index is 3.81. The van der Waals surface area contributed by atoms with E-state index < -0.39 is 0 Å². The minimum Gasteiger partial charge on any atom is -0.396 e. The molecule has 0 aliphatic carbocycles. The number of aliphatic hydroxyl groups is 2. The Morgan fingerprint density at radius 3 is 1.48 bits per heavy atom. The van der Waals surface area contributed by atoms with Gasteiger partial charge < -0.3 is 10.2 Å². The van der Waals surface area contributed by atoms with Crippen LogP contribution in [0.15, 0.2) is 0 Å². The highest BCUT2D eigenvalue weighted by Gasteiger charge is 2.14. The van der Waals surface area contributed by atoms with Crippen LogP contribution in [0.3, 0.4) is 0 Å². The van der Waals surface area contributed by atoms with Gasteiger partial charge in [0, 0.05) is 13.2 Å². The summed E-state index contributed by atoms with van der Waals surface area (Å²) in [5.41, 5.74) is 0. The smallest absolute Gasteiger partial charge is 0.0813 e. The molecule has 0 heterocycles. The first-order valence-electron chi connectivity index (χ1n) is 10.5. The predicted molar refractivity (Wildman–Crippen MR) is 103 cm³/mol. The number of unbranched alkanes of at least 4 members (excludes halogenated alkanes) is 9. The van der Waals surface area contributed by atoms with E-state index in [-0.39, 0.29) is 25.4 Å². The first-order chi connectivity index (χ1) is 12.1. The lowest BCUT2D eigenvalue weighted by Gasteiger charge is -2.27. The van der Waals surface area contributed by atoms with Crippen LogP contribution < -0.4 is 0 Å². The molecule has 0 aromatic rings. The maximum Gasteiger partial charge on any atom is 0.0813 e. The lowest BCUT2D eigenvalue weighted by molar-refractivity contribution is -0.399. The van der Waals surface area contributed by atoms with Crippen molar-refractivity contribution in [1.29, 1.82) is 0 Å². The highest BCUT2D eigenvalue weighted by atomic mass is 17.0. The molecule has 0 saturated heterocycles. The molecule has 5 nitrogen and oxygen atoms in total. The van der Waals surface area contributed by atoms with Gasteiger partial charge >= 0.3 is 0 Å². The Labute approximate surface area is 155 Å². The number of hydrogen-bond donors (Lipinski definition) is 2. The van der Waals surface area contributed by atoms with Gasteiger partial charge in [0.2, 0.25) is 0 Å². The summed E-state index contributed by atoms with van der Waals surface area (Å²) in [6.07, 6.45) is 14.0. The summed E-state index contributed by atoms with van der Waals surface area (Å²) in [6.45, 7) is 7.07. The summed E-state index contributed by atoms with van der Waals surface area (Å²) in [7, 11) is 0. The Bertz CT molecular complexity index is 252. The van der Waals surface area contributed by atoms with Crippen LogP contribution in [-0.2, 0) is 9.68 Å². The molecule has 0 aromatic carbocycles. The van der Waals surface area contributed by atoms with Gasteiger partial charge in [0.05, 0.1) is 18.8 Å². The molecule has 0 aromatic heterocycles. The number of aliphatic hydroxyl groups excluding tert-OH is 2. The van der Waals surface area contributed by atoms with Gasteiger partial charge in [0.15, 0.2) is 0 Å². The summed E-state index contributed by atoms with van der Waals surface area (Å²) in [4.78, 5) is 11.5. The molecule has 2 unspecified atom stereocenters. The van der Waals surface area contributed by atoms with E-state index in [0.717, 1.165) is 13.0 Å². The Morgan fingerprint density at radius 2 is 1.08 bits per heavy atom. The van der Waals surface area contributed by atoms with Gasteiger partial charge in [-0.25, -0.2) is 0 Å². The molecular formula is C20H43NO4. The zero-order valence-electron chi connectivity index (χ0n) is 16.9. The van der Waals surface area contributed by atoms with Crippen molar-refractivity contribution in [2.45, 2.75) is 110 Å². The molecule has 0 spiro atoms. The molecular weight excluding hydrogens is 318 g/mol. The largest absolute Gasteiger partial charge is 0.396 e. The number of hydrogen-bond acceptors (Lipinski definition) is 5. The molecule has 5 heteroatoms. The molecule has 0 radical (unpaired) electrons. The van der Waals surface area contributed by atoms with E-state index in [2.05, 4.69) is 6.92 Å². The lowest BCUT2D eigenvalue weighted by Crippen LogP contribution is -2.33. The molecule has 0 aliphatic heterocycles. The fourth-order valence-electron chi connectivity index (χ4n) is 2.73. The molecule has 0 fully saturated rings. The average Bonchev–Trinajstić information content (AvgIpc) is 2.56. The van der Waals surface area contributed by atoms with E-state index in [9.17, 15) is 0 Å². The summed E-state index contributed by atoms with van der Waals surface area (Å²) >= 11 is 0. The fraction of sp³-hybridized carbons (Fsp3) is 1.00. The van der Waals surface area contributed by atoms with Gasteiger partial charge in [0.1, 0.15) is 0 Å². The maximum atomic E-state index is 9.01. The standard InChI is InChI=1S/C20H43NO4/c1-4-5-6-7-8-9-10-11-12-13-16-21(24-19(2)14-17-22)25-20(3)15-18-23/h19-20,22-23H,4-18H2,1-3H3. The molecule has 25 heavy (non-hydrogen) atoms. The molecule has 0 bridgehead atoms. The quantitative estimate of drug-likeness (QED) is 0.260. The van der Waals surface area contributed by atoms with Crippen molar-refractivity contribution in [2.24, 2.45) is 0 Å². The van der Waals surface area contributed by atoms with Gasteiger partial charge in [-0.1, -0.05) is 69.9 Å². The Morgan fingerprint density at radius 1 is 0.680 bits per heavy atom. The fourth-order valence-corrected chi connectivity index (χ4v) is 2.73. The van der Waals surface area contributed by atoms with E-state index >= 15 is 0 Å². The van der Waals surface area contributed by atoms with Crippen LogP contribution in [0.5, 0.6) is 0 Å². The van der Waals surface area contributed by atoms with E-state index in [0.29, 0.717) is 12.8 Å². The SMILES string of the molecule is CCCCCCCCCCCCN(OC(C)CCO)OC(C)CCO. The van der Waals surface area contributed by atoms with Gasteiger partial charge in [0.25, 0.3) is 0 Å². The lowest BCUT2D eigenvalue weighted by atomic mass is 10.1. The van der Waals surface area contributed by atoms with E-state index in [1.54, 1.807) is 5.23 Å². The van der Waals surface area contributed by atoms with Crippen molar-refractivity contribution in [3.8, 4) is 0 Å². The number of rotatable bonds is 19. The normalized spacial score (nSPS) is 14.2. The molecule has 2 atom stereocenters. The van der Waals surface area contributed by atoms with Gasteiger partial charge in [-0.2, -0.15) is 0 Å². The van der Waals surface area contributed by atoms with E-state index in [1.165, 1.54) is 57.8 Å². The van der Waals surface area contributed by atoms with Gasteiger partial charge in [-0.15, -0.1) is 0 Å². The van der Waals surface area contributed by atoms with Gasteiger partial charge in [-0.3, -0.25) is 9.68 Å². The Hall–Kier alpha value is -0.200. The third-order valence-corrected chi connectivity index (χ3v) is 4.36. The van der Waals surface area contributed by atoms with Crippen molar-refractivity contribution >= 4 is 0 Å². The van der Waals surface area contributed by atoms with Crippen molar-refractivity contribution in [1.82, 2.24) is 5.23 Å². The number of nitrogens with zero attached hydrogens (tertiary/aromatic N) is 1. The third-order valence-electron chi connectivity index (χ3n) is 4.36. The van der Waals surface area contributed by atoms with E-state index in [4.69, 9.17) is 19.9 Å². The van der Waals surface area contributed by atoms with Crippen molar-refractivity contribution in [3.63, 3.8) is 0 Å². The Kier molecular flexibility index (Phi) is 18.4. The molecule has 0 aliphatic rings. The first-order valence-corrected chi connectivity index (χ1v) is 10.5. The molecule has 0 saturated carbocycles. The summed E-state index contributed by atoms with van der Waals surface area (Å²) < 4.78 is 0. The topological polar surface area (TPSA) is 62.2 Å². The van der Waals surface area contributed by atoms with E-state index in [1.807, 2.05) is 13.8 Å². The van der Waals surface area contributed by atoms with Crippen LogP contribution in [0, 0.1) is 0 Å². The van der Waals surface area contributed by atoms with Gasteiger partial charge in [-0.05, 0) is 33.1 Å². The second-order valence-electron chi connectivity index (χ2n) is 7.09. The molecule has 2 N–H and O–H groups in total. The highest BCUT2D eigenvalue weighted by molar-refractivity contribution is 4.51. The molecule has 0 amide bonds. The second-order valence-corrected chi connectivity index (χ2v) is 7.09. The van der Waals surface area contributed by atoms with Crippen molar-refractivity contribution < 1.29 is 19.9 Å². The van der Waals surface area contributed by atoms with Crippen molar-refractivity contribution in [2.75, 3.05) is 19.8 Å². The van der Waals surface area contributed by atoms with Crippen LogP contribution in [0.2, 0.25) is 0 Å². The minimum atomic E-state index is -0.0746. The predicted octanol–water partition coefficient (Wildman–Crippen LogP) is 4.61. The van der Waals surface area contributed by atoms with Crippen LogP contribution in [0.1, 0.15) is 97.8 Å². The first kappa shape index (κ1) is 24.8. The maximum absolute atomic E-state index is 9.01. The monoisotopic (exact) mass is 361 g/mol. The third kappa shape index (κ3) is 17.0. The van der Waals surface area contributed by atoms with Crippen LogP contribution in [0.4, 0.5) is 0 Å². The van der Waals surface area contributed by atoms with Crippen LogP contribution in [-0.4, -0.2) is 47.4 Å².